The summed E-state index contributed by atoms with van der Waals surface area (Å²) in [5, 5.41) is 10.4. The van der Waals surface area contributed by atoms with E-state index >= 15 is 0 Å². The molecule has 4 heteroatoms. The molecule has 0 aliphatic rings. The first-order valence-corrected chi connectivity index (χ1v) is 8.41. The van der Waals surface area contributed by atoms with Crippen molar-refractivity contribution in [1.82, 2.24) is 9.97 Å². The lowest BCUT2D eigenvalue weighted by Gasteiger charge is -2.20. The summed E-state index contributed by atoms with van der Waals surface area (Å²) in [6.45, 7) is 9.89. The summed E-state index contributed by atoms with van der Waals surface area (Å²) in [6.07, 6.45) is 0. The van der Waals surface area contributed by atoms with E-state index in [1.54, 1.807) is 12.1 Å². The summed E-state index contributed by atoms with van der Waals surface area (Å²) < 4.78 is 0. The Kier molecular flexibility index (Phi) is 7.69. The Morgan fingerprint density at radius 2 is 1.42 bits per heavy atom. The van der Waals surface area contributed by atoms with Crippen LogP contribution in [0.3, 0.4) is 0 Å². The predicted octanol–water partition coefficient (Wildman–Crippen LogP) is 5.46. The van der Waals surface area contributed by atoms with Crippen LogP contribution in [0.15, 0.2) is 48.5 Å². The first kappa shape index (κ1) is 19.4. The molecule has 1 heterocycles. The van der Waals surface area contributed by atoms with Crippen LogP contribution < -0.4 is 4.90 Å². The van der Waals surface area contributed by atoms with E-state index in [1.807, 2.05) is 83.0 Å². The molecule has 2 aromatic carbocycles. The lowest BCUT2D eigenvalue weighted by atomic mass is 10.2. The molecule has 0 atom stereocenters. The number of aromatic hydroxyl groups is 1. The Morgan fingerprint density at radius 3 is 2.04 bits per heavy atom. The molecule has 1 aromatic heterocycles. The third kappa shape index (κ3) is 4.44. The van der Waals surface area contributed by atoms with Gasteiger partial charge in [-0.15, -0.1) is 0 Å². The molecular weight excluding hydrogens is 298 g/mol. The van der Waals surface area contributed by atoms with Gasteiger partial charge in [-0.1, -0.05) is 39.8 Å². The third-order valence-electron chi connectivity index (χ3n) is 3.25. The molecule has 0 amide bonds. The number of anilines is 2. The van der Waals surface area contributed by atoms with E-state index in [2.05, 4.69) is 9.97 Å². The largest absolute Gasteiger partial charge is 0.508 e. The number of para-hydroxylation sites is 1. The molecule has 0 aliphatic heterocycles. The summed E-state index contributed by atoms with van der Waals surface area (Å²) in [4.78, 5) is 11.0. The zero-order valence-electron chi connectivity index (χ0n) is 15.4. The van der Waals surface area contributed by atoms with E-state index in [9.17, 15) is 5.11 Å². The lowest BCUT2D eigenvalue weighted by Crippen LogP contribution is -2.12. The number of hydrogen-bond acceptors (Lipinski definition) is 4. The van der Waals surface area contributed by atoms with Crippen molar-refractivity contribution in [1.29, 1.82) is 0 Å². The number of rotatable bonds is 2. The van der Waals surface area contributed by atoms with E-state index in [0.29, 0.717) is 0 Å². The van der Waals surface area contributed by atoms with Gasteiger partial charge >= 0.3 is 0 Å². The molecule has 0 aliphatic carbocycles. The quantitative estimate of drug-likeness (QED) is 0.679. The Bertz CT molecular complexity index is 754. The van der Waals surface area contributed by atoms with Crippen LogP contribution in [0.2, 0.25) is 0 Å². The monoisotopic (exact) mass is 325 g/mol. The van der Waals surface area contributed by atoms with Gasteiger partial charge in [-0.05, 0) is 43.3 Å². The Hall–Kier alpha value is -2.62. The maximum atomic E-state index is 9.38. The highest BCUT2D eigenvalue weighted by Gasteiger charge is 2.11. The van der Waals surface area contributed by atoms with Crippen molar-refractivity contribution in [3.05, 3.63) is 54.4 Å². The van der Waals surface area contributed by atoms with Gasteiger partial charge < -0.3 is 10.0 Å². The van der Waals surface area contributed by atoms with Gasteiger partial charge in [-0.2, -0.15) is 0 Å². The summed E-state index contributed by atoms with van der Waals surface area (Å²) in [7, 11) is 1.96. The molecule has 0 bridgehead atoms. The molecule has 4 nitrogen and oxygen atoms in total. The fraction of sp³-hybridized carbons (Fsp3) is 0.300. The lowest BCUT2D eigenvalue weighted by molar-refractivity contribution is 0.475. The van der Waals surface area contributed by atoms with Crippen LogP contribution >= 0.6 is 0 Å². The van der Waals surface area contributed by atoms with Crippen molar-refractivity contribution >= 4 is 22.4 Å². The third-order valence-corrected chi connectivity index (χ3v) is 3.25. The van der Waals surface area contributed by atoms with Gasteiger partial charge in [0.25, 0.3) is 0 Å². The van der Waals surface area contributed by atoms with Crippen molar-refractivity contribution in [3.63, 3.8) is 0 Å². The standard InChI is InChI=1S/C16H15N3O.2C2H6/c1-11-17-15-6-4-3-5-14(15)16(18-11)19(2)12-7-9-13(20)10-8-12;2*1-2/h3-10,20H,1-2H3;2*1-2H3. The molecule has 0 spiro atoms. The second-order valence-electron chi connectivity index (χ2n) is 4.69. The van der Waals surface area contributed by atoms with Gasteiger partial charge in [0.15, 0.2) is 0 Å². The maximum Gasteiger partial charge on any atom is 0.144 e. The second kappa shape index (κ2) is 9.50. The number of aryl methyl sites for hydroxylation is 1. The average Bonchev–Trinajstić information content (AvgIpc) is 2.64. The minimum Gasteiger partial charge on any atom is -0.508 e. The molecule has 0 unspecified atom stereocenters. The number of aromatic nitrogens is 2. The summed E-state index contributed by atoms with van der Waals surface area (Å²) in [5.41, 5.74) is 1.90. The van der Waals surface area contributed by atoms with Gasteiger partial charge in [0, 0.05) is 18.1 Å². The van der Waals surface area contributed by atoms with Crippen molar-refractivity contribution in [2.45, 2.75) is 34.6 Å². The Morgan fingerprint density at radius 1 is 0.833 bits per heavy atom. The molecule has 0 fully saturated rings. The van der Waals surface area contributed by atoms with E-state index in [0.717, 1.165) is 28.2 Å². The highest BCUT2D eigenvalue weighted by atomic mass is 16.3. The van der Waals surface area contributed by atoms with E-state index in [4.69, 9.17) is 0 Å². The summed E-state index contributed by atoms with van der Waals surface area (Å²) >= 11 is 0. The zero-order chi connectivity index (χ0) is 18.1. The maximum absolute atomic E-state index is 9.38. The van der Waals surface area contributed by atoms with Crippen LogP contribution in [0.5, 0.6) is 5.75 Å². The molecule has 3 aromatic rings. The molecule has 0 saturated heterocycles. The number of phenols is 1. The first-order valence-electron chi connectivity index (χ1n) is 8.41. The van der Waals surface area contributed by atoms with Gasteiger partial charge in [-0.25, -0.2) is 9.97 Å². The molecular formula is C20H27N3O. The molecule has 1 N–H and O–H groups in total. The van der Waals surface area contributed by atoms with Gasteiger partial charge in [-0.3, -0.25) is 0 Å². The average molecular weight is 325 g/mol. The zero-order valence-corrected chi connectivity index (χ0v) is 15.4. The van der Waals surface area contributed by atoms with Crippen molar-refractivity contribution in [3.8, 4) is 5.75 Å². The molecule has 24 heavy (non-hydrogen) atoms. The molecule has 0 saturated carbocycles. The molecule has 3 rings (SSSR count). The van der Waals surface area contributed by atoms with Crippen molar-refractivity contribution in [2.24, 2.45) is 0 Å². The molecule has 128 valence electrons. The fourth-order valence-corrected chi connectivity index (χ4v) is 2.23. The van der Waals surface area contributed by atoms with E-state index < -0.39 is 0 Å². The van der Waals surface area contributed by atoms with Crippen LogP contribution in [0, 0.1) is 6.92 Å². The summed E-state index contributed by atoms with van der Waals surface area (Å²) in [5.74, 6) is 1.86. The highest BCUT2D eigenvalue weighted by molar-refractivity contribution is 5.91. The van der Waals surface area contributed by atoms with Crippen LogP contribution in [-0.4, -0.2) is 22.1 Å². The van der Waals surface area contributed by atoms with Crippen LogP contribution in [0.25, 0.3) is 10.9 Å². The van der Waals surface area contributed by atoms with Gasteiger partial charge in [0.05, 0.1) is 5.52 Å². The SMILES string of the molecule is CC.CC.Cc1nc(N(C)c2ccc(O)cc2)c2ccccc2n1. The molecule has 0 radical (unpaired) electrons. The minimum atomic E-state index is 0.255. The fourth-order valence-electron chi connectivity index (χ4n) is 2.23. The van der Waals surface area contributed by atoms with E-state index in [-0.39, 0.29) is 5.75 Å². The predicted molar refractivity (Wildman–Crippen MR) is 103 cm³/mol. The van der Waals surface area contributed by atoms with Crippen molar-refractivity contribution < 1.29 is 5.11 Å². The topological polar surface area (TPSA) is 49.2 Å². The highest BCUT2D eigenvalue weighted by Crippen LogP contribution is 2.29. The number of benzene rings is 2. The smallest absolute Gasteiger partial charge is 0.144 e. The number of phenolic OH excluding ortho intramolecular Hbond substituents is 1. The normalized spacial score (nSPS) is 9.42. The number of hydrogen-bond donors (Lipinski definition) is 1. The Balaban J connectivity index is 0.000000671. The summed E-state index contributed by atoms with van der Waals surface area (Å²) in [6, 6.07) is 15.0. The van der Waals surface area contributed by atoms with Crippen LogP contribution in [0.1, 0.15) is 33.5 Å². The number of fused-ring (bicyclic) bond motifs is 1. The van der Waals surface area contributed by atoms with Crippen LogP contribution in [0.4, 0.5) is 11.5 Å². The first-order chi connectivity index (χ1) is 11.6. The van der Waals surface area contributed by atoms with Gasteiger partial charge in [0.1, 0.15) is 17.4 Å². The van der Waals surface area contributed by atoms with Gasteiger partial charge in [0.2, 0.25) is 0 Å². The second-order valence-corrected chi connectivity index (χ2v) is 4.69. The van der Waals surface area contributed by atoms with Crippen molar-refractivity contribution in [2.75, 3.05) is 11.9 Å². The van der Waals surface area contributed by atoms with E-state index in [1.165, 1.54) is 0 Å². The van der Waals surface area contributed by atoms with Crippen LogP contribution in [-0.2, 0) is 0 Å². The minimum absolute atomic E-state index is 0.255. The number of nitrogens with zero attached hydrogens (tertiary/aromatic N) is 3. The Labute approximate surface area is 144 Å².